The Balaban J connectivity index is 1.57. The number of hydrogen-bond acceptors (Lipinski definition) is 5. The highest BCUT2D eigenvalue weighted by Gasteiger charge is 2.08. The summed E-state index contributed by atoms with van der Waals surface area (Å²) in [6.07, 6.45) is 0. The fourth-order valence-electron chi connectivity index (χ4n) is 2.30. The number of para-hydroxylation sites is 1. The van der Waals surface area contributed by atoms with E-state index in [2.05, 4.69) is 15.3 Å². The van der Waals surface area contributed by atoms with Gasteiger partial charge in [0.25, 0.3) is 5.56 Å². The Kier molecular flexibility index (Phi) is 6.73. The monoisotopic (exact) mass is 415 g/mol. The quantitative estimate of drug-likeness (QED) is 0.449. The molecular formula is C20H18ClN3O3S. The maximum atomic E-state index is 12.1. The van der Waals surface area contributed by atoms with Crippen molar-refractivity contribution in [2.24, 2.45) is 0 Å². The summed E-state index contributed by atoms with van der Waals surface area (Å²) < 4.78 is 5.61. The van der Waals surface area contributed by atoms with Crippen LogP contribution in [0.5, 0.6) is 5.75 Å². The van der Waals surface area contributed by atoms with Gasteiger partial charge in [0.05, 0.1) is 11.4 Å². The second-order valence-corrected chi connectivity index (χ2v) is 7.32. The summed E-state index contributed by atoms with van der Waals surface area (Å²) in [5, 5.41) is 3.71. The lowest BCUT2D eigenvalue weighted by Crippen LogP contribution is -2.16. The van der Waals surface area contributed by atoms with E-state index < -0.39 is 0 Å². The van der Waals surface area contributed by atoms with E-state index in [0.29, 0.717) is 27.3 Å². The Morgan fingerprint density at radius 1 is 1.21 bits per heavy atom. The number of nitrogens with one attached hydrogen (secondary N) is 2. The van der Waals surface area contributed by atoms with Crippen molar-refractivity contribution in [3.63, 3.8) is 0 Å². The molecule has 0 radical (unpaired) electrons. The average Bonchev–Trinajstić information content (AvgIpc) is 2.68. The average molecular weight is 416 g/mol. The molecule has 0 aliphatic heterocycles. The van der Waals surface area contributed by atoms with E-state index in [1.165, 1.54) is 6.07 Å². The smallest absolute Gasteiger partial charge is 0.251 e. The van der Waals surface area contributed by atoms with Crippen molar-refractivity contribution in [1.82, 2.24) is 9.97 Å². The molecule has 144 valence electrons. The van der Waals surface area contributed by atoms with Gasteiger partial charge in [-0.05, 0) is 36.8 Å². The van der Waals surface area contributed by atoms with E-state index in [0.717, 1.165) is 17.3 Å². The molecule has 0 bridgehead atoms. The normalized spacial score (nSPS) is 10.5. The Morgan fingerprint density at radius 2 is 2.00 bits per heavy atom. The van der Waals surface area contributed by atoms with Crippen LogP contribution in [0.1, 0.15) is 11.3 Å². The zero-order valence-corrected chi connectivity index (χ0v) is 16.6. The first kappa shape index (κ1) is 20.0. The number of aromatic amines is 1. The van der Waals surface area contributed by atoms with Crippen molar-refractivity contribution in [3.8, 4) is 5.75 Å². The molecule has 2 N–H and O–H groups in total. The van der Waals surface area contributed by atoms with E-state index in [1.54, 1.807) is 12.1 Å². The van der Waals surface area contributed by atoms with Crippen molar-refractivity contribution >= 4 is 35.0 Å². The zero-order valence-electron chi connectivity index (χ0n) is 15.1. The molecule has 8 heteroatoms. The number of ether oxygens (including phenoxy) is 1. The lowest BCUT2D eigenvalue weighted by molar-refractivity contribution is -0.113. The summed E-state index contributed by atoms with van der Waals surface area (Å²) in [6, 6.07) is 16.0. The molecular weight excluding hydrogens is 398 g/mol. The third kappa shape index (κ3) is 5.87. The second-order valence-electron chi connectivity index (χ2n) is 5.94. The molecule has 0 aliphatic rings. The topological polar surface area (TPSA) is 84.1 Å². The number of hydrogen-bond donors (Lipinski definition) is 2. The predicted molar refractivity (Wildman–Crippen MR) is 111 cm³/mol. The number of nitrogens with zero attached hydrogens (tertiary/aromatic N) is 1. The maximum Gasteiger partial charge on any atom is 0.251 e. The number of rotatable bonds is 7. The zero-order chi connectivity index (χ0) is 19.9. The molecule has 0 atom stereocenters. The molecule has 3 rings (SSSR count). The molecule has 6 nitrogen and oxygen atoms in total. The van der Waals surface area contributed by atoms with Crippen LogP contribution >= 0.6 is 23.4 Å². The van der Waals surface area contributed by atoms with Crippen LogP contribution in [-0.4, -0.2) is 21.6 Å². The van der Waals surface area contributed by atoms with E-state index >= 15 is 0 Å². The number of amides is 1. The largest absolute Gasteiger partial charge is 0.487 e. The fourth-order valence-corrected chi connectivity index (χ4v) is 3.18. The van der Waals surface area contributed by atoms with Crippen LogP contribution in [0.2, 0.25) is 5.02 Å². The highest BCUT2D eigenvalue weighted by molar-refractivity contribution is 7.99. The van der Waals surface area contributed by atoms with E-state index in [4.69, 9.17) is 16.3 Å². The number of aryl methyl sites for hydroxylation is 1. The summed E-state index contributed by atoms with van der Waals surface area (Å²) >= 11 is 7.20. The van der Waals surface area contributed by atoms with Gasteiger partial charge in [-0.15, -0.1) is 0 Å². The molecule has 3 aromatic rings. The first-order valence-electron chi connectivity index (χ1n) is 8.46. The Labute approximate surface area is 171 Å². The summed E-state index contributed by atoms with van der Waals surface area (Å²) in [4.78, 5) is 30.9. The van der Waals surface area contributed by atoms with Gasteiger partial charge in [-0.1, -0.05) is 47.6 Å². The van der Waals surface area contributed by atoms with Crippen molar-refractivity contribution in [1.29, 1.82) is 0 Å². The van der Waals surface area contributed by atoms with Gasteiger partial charge in [0, 0.05) is 16.8 Å². The second kappa shape index (κ2) is 9.43. The number of aromatic nitrogens is 2. The molecule has 0 aliphatic carbocycles. The standard InChI is InChI=1S/C20H18ClN3O3S/c1-13-7-8-14(9-17(13)21)22-19(26)12-28-20-23-15(10-18(25)24-20)11-27-16-5-3-2-4-6-16/h2-10H,11-12H2,1H3,(H,22,26)(H,23,24,25). The van der Waals surface area contributed by atoms with Crippen LogP contribution in [0.25, 0.3) is 0 Å². The molecule has 0 fully saturated rings. The van der Waals surface area contributed by atoms with Crippen molar-refractivity contribution in [3.05, 3.63) is 81.2 Å². The van der Waals surface area contributed by atoms with Gasteiger partial charge in [-0.25, -0.2) is 4.98 Å². The van der Waals surface area contributed by atoms with E-state index in [-0.39, 0.29) is 23.8 Å². The number of H-pyrrole nitrogens is 1. The molecule has 0 unspecified atom stereocenters. The van der Waals surface area contributed by atoms with Crippen LogP contribution in [0, 0.1) is 6.92 Å². The van der Waals surface area contributed by atoms with E-state index in [9.17, 15) is 9.59 Å². The molecule has 1 amide bonds. The number of anilines is 1. The molecule has 0 saturated carbocycles. The SMILES string of the molecule is Cc1ccc(NC(=O)CSc2nc(COc3ccccc3)cc(=O)[nH]2)cc1Cl. The third-order valence-corrected chi connectivity index (χ3v) is 4.98. The van der Waals surface area contributed by atoms with Crippen LogP contribution < -0.4 is 15.6 Å². The van der Waals surface area contributed by atoms with Crippen LogP contribution in [0.3, 0.4) is 0 Å². The van der Waals surface area contributed by atoms with Crippen molar-refractivity contribution in [2.75, 3.05) is 11.1 Å². The number of carbonyl (C=O) groups excluding carboxylic acids is 1. The summed E-state index contributed by atoms with van der Waals surface area (Å²) in [6.45, 7) is 2.05. The first-order chi connectivity index (χ1) is 13.5. The Morgan fingerprint density at radius 3 is 2.75 bits per heavy atom. The number of carbonyl (C=O) groups is 1. The van der Waals surface area contributed by atoms with E-state index in [1.807, 2.05) is 43.3 Å². The van der Waals surface area contributed by atoms with Gasteiger partial charge in [0.15, 0.2) is 5.16 Å². The minimum atomic E-state index is -0.296. The Hall–Kier alpha value is -2.77. The minimum absolute atomic E-state index is 0.0947. The van der Waals surface area contributed by atoms with Crippen LogP contribution in [0.15, 0.2) is 64.5 Å². The molecule has 0 saturated heterocycles. The highest BCUT2D eigenvalue weighted by Crippen LogP contribution is 2.20. The summed E-state index contributed by atoms with van der Waals surface area (Å²) in [5.74, 6) is 0.561. The number of thioether (sulfide) groups is 1. The lowest BCUT2D eigenvalue weighted by Gasteiger charge is -2.08. The summed E-state index contributed by atoms with van der Waals surface area (Å²) in [5.41, 5.74) is 1.74. The Bertz CT molecular complexity index is 1020. The van der Waals surface area contributed by atoms with Crippen molar-refractivity contribution in [2.45, 2.75) is 18.7 Å². The van der Waals surface area contributed by atoms with Crippen LogP contribution in [-0.2, 0) is 11.4 Å². The molecule has 1 aromatic heterocycles. The van der Waals surface area contributed by atoms with Gasteiger partial charge in [0.2, 0.25) is 5.91 Å². The molecule has 0 spiro atoms. The third-order valence-electron chi connectivity index (χ3n) is 3.70. The first-order valence-corrected chi connectivity index (χ1v) is 9.83. The lowest BCUT2D eigenvalue weighted by atomic mass is 10.2. The molecule has 28 heavy (non-hydrogen) atoms. The van der Waals surface area contributed by atoms with Gasteiger partial charge >= 0.3 is 0 Å². The predicted octanol–water partition coefficient (Wildman–Crippen LogP) is 4.04. The van der Waals surface area contributed by atoms with Crippen molar-refractivity contribution < 1.29 is 9.53 Å². The number of halogens is 1. The van der Waals surface area contributed by atoms with Crippen LogP contribution in [0.4, 0.5) is 5.69 Å². The van der Waals surface area contributed by atoms with Gasteiger partial charge in [-0.3, -0.25) is 9.59 Å². The summed E-state index contributed by atoms with van der Waals surface area (Å²) in [7, 11) is 0. The molecule has 2 aromatic carbocycles. The van der Waals surface area contributed by atoms with Gasteiger partial charge in [-0.2, -0.15) is 0 Å². The number of benzene rings is 2. The molecule has 1 heterocycles. The van der Waals surface area contributed by atoms with Gasteiger partial charge in [0.1, 0.15) is 12.4 Å². The highest BCUT2D eigenvalue weighted by atomic mass is 35.5. The fraction of sp³-hybridized carbons (Fsp3) is 0.150. The minimum Gasteiger partial charge on any atom is -0.487 e. The van der Waals surface area contributed by atoms with Gasteiger partial charge < -0.3 is 15.0 Å². The maximum absolute atomic E-state index is 12.1.